The molecular formula is C12H17BrClNO2S. The second-order valence-corrected chi connectivity index (χ2v) is 7.13. The smallest absolute Gasteiger partial charge is 0.211 e. The van der Waals surface area contributed by atoms with Gasteiger partial charge < -0.3 is 0 Å². The molecule has 0 aromatic heterocycles. The van der Waals surface area contributed by atoms with Crippen molar-refractivity contribution in [2.75, 3.05) is 12.4 Å². The van der Waals surface area contributed by atoms with Crippen molar-refractivity contribution in [3.63, 3.8) is 0 Å². The second-order valence-electron chi connectivity index (χ2n) is 4.23. The molecule has 1 N–H and O–H groups in total. The first kappa shape index (κ1) is 16.0. The van der Waals surface area contributed by atoms with Crippen molar-refractivity contribution in [2.24, 2.45) is 5.92 Å². The molecule has 102 valence electrons. The van der Waals surface area contributed by atoms with Crippen molar-refractivity contribution in [2.45, 2.75) is 24.7 Å². The predicted molar refractivity (Wildman–Crippen MR) is 78.4 cm³/mol. The summed E-state index contributed by atoms with van der Waals surface area (Å²) in [5.74, 6) is 1.02. The van der Waals surface area contributed by atoms with Crippen molar-refractivity contribution >= 4 is 37.6 Å². The maximum Gasteiger partial charge on any atom is 0.241 e. The predicted octanol–water partition coefficient (Wildman–Crippen LogP) is 3.38. The van der Waals surface area contributed by atoms with Gasteiger partial charge in [0.05, 0.1) is 4.90 Å². The Labute approximate surface area is 122 Å². The standard InChI is InChI=1S/C12H17BrClNO2S/c1-10(9-14)5-4-8-15-18(16,17)12-7-3-2-6-11(12)13/h2-3,6-7,10,15H,4-5,8-9H2,1H3. The van der Waals surface area contributed by atoms with Gasteiger partial charge in [0.2, 0.25) is 10.0 Å². The highest BCUT2D eigenvalue weighted by Crippen LogP contribution is 2.20. The fourth-order valence-electron chi connectivity index (χ4n) is 1.47. The van der Waals surface area contributed by atoms with E-state index >= 15 is 0 Å². The minimum atomic E-state index is -3.43. The Bertz CT molecular complexity index is 479. The van der Waals surface area contributed by atoms with Crippen LogP contribution in [0, 0.1) is 5.92 Å². The zero-order chi connectivity index (χ0) is 13.6. The molecule has 0 saturated carbocycles. The van der Waals surface area contributed by atoms with E-state index in [0.717, 1.165) is 12.8 Å². The quantitative estimate of drug-likeness (QED) is 0.602. The molecule has 3 nitrogen and oxygen atoms in total. The lowest BCUT2D eigenvalue weighted by molar-refractivity contribution is 0.543. The van der Waals surface area contributed by atoms with Crippen molar-refractivity contribution in [1.29, 1.82) is 0 Å². The summed E-state index contributed by atoms with van der Waals surface area (Å²) >= 11 is 8.93. The first-order chi connectivity index (χ1) is 8.47. The van der Waals surface area contributed by atoms with Crippen LogP contribution >= 0.6 is 27.5 Å². The van der Waals surface area contributed by atoms with Crippen LogP contribution < -0.4 is 4.72 Å². The van der Waals surface area contributed by atoms with Crippen molar-refractivity contribution in [1.82, 2.24) is 4.72 Å². The lowest BCUT2D eigenvalue weighted by atomic mass is 10.1. The fourth-order valence-corrected chi connectivity index (χ4v) is 3.70. The molecule has 0 radical (unpaired) electrons. The molecule has 0 bridgehead atoms. The highest BCUT2D eigenvalue weighted by molar-refractivity contribution is 9.10. The Hall–Kier alpha value is -0.100. The summed E-state index contributed by atoms with van der Waals surface area (Å²) in [7, 11) is -3.43. The molecule has 0 aliphatic carbocycles. The molecule has 0 amide bonds. The average Bonchev–Trinajstić information content (AvgIpc) is 2.34. The van der Waals surface area contributed by atoms with E-state index < -0.39 is 10.0 Å². The first-order valence-corrected chi connectivity index (χ1v) is 8.58. The Morgan fingerprint density at radius 1 is 1.39 bits per heavy atom. The maximum absolute atomic E-state index is 12.0. The van der Waals surface area contributed by atoms with E-state index in [0.29, 0.717) is 22.8 Å². The van der Waals surface area contributed by atoms with Gasteiger partial charge in [-0.3, -0.25) is 0 Å². The molecule has 0 fully saturated rings. The fraction of sp³-hybridized carbons (Fsp3) is 0.500. The summed E-state index contributed by atoms with van der Waals surface area (Å²) in [6.45, 7) is 2.49. The highest BCUT2D eigenvalue weighted by atomic mass is 79.9. The van der Waals surface area contributed by atoms with E-state index in [1.165, 1.54) is 0 Å². The highest BCUT2D eigenvalue weighted by Gasteiger charge is 2.16. The van der Waals surface area contributed by atoms with Crippen LogP contribution in [0.4, 0.5) is 0 Å². The van der Waals surface area contributed by atoms with Crippen LogP contribution in [0.2, 0.25) is 0 Å². The molecule has 1 unspecified atom stereocenters. The van der Waals surface area contributed by atoms with Gasteiger partial charge in [0.15, 0.2) is 0 Å². The van der Waals surface area contributed by atoms with Gasteiger partial charge in [-0.05, 0) is 46.8 Å². The summed E-state index contributed by atoms with van der Waals surface area (Å²) in [6, 6.07) is 6.78. The zero-order valence-electron chi connectivity index (χ0n) is 10.2. The summed E-state index contributed by atoms with van der Waals surface area (Å²) in [5, 5.41) is 0. The van der Waals surface area contributed by atoms with E-state index in [1.54, 1.807) is 24.3 Å². The molecule has 0 spiro atoms. The summed E-state index contributed by atoms with van der Waals surface area (Å²) in [6.07, 6.45) is 1.71. The van der Waals surface area contributed by atoms with Crippen LogP contribution in [0.5, 0.6) is 0 Å². The summed E-state index contributed by atoms with van der Waals surface area (Å²) < 4.78 is 27.2. The lowest BCUT2D eigenvalue weighted by Crippen LogP contribution is -2.25. The Morgan fingerprint density at radius 3 is 2.67 bits per heavy atom. The molecule has 0 aliphatic rings. The Kier molecular flexibility index (Phi) is 6.63. The number of hydrogen-bond acceptors (Lipinski definition) is 2. The van der Waals surface area contributed by atoms with E-state index in [1.807, 2.05) is 0 Å². The van der Waals surface area contributed by atoms with Gasteiger partial charge >= 0.3 is 0 Å². The minimum absolute atomic E-state index is 0.274. The van der Waals surface area contributed by atoms with Crippen molar-refractivity contribution in [3.05, 3.63) is 28.7 Å². The van der Waals surface area contributed by atoms with Gasteiger partial charge in [0, 0.05) is 16.9 Å². The normalized spacial score (nSPS) is 13.5. The molecule has 1 atom stereocenters. The van der Waals surface area contributed by atoms with Crippen molar-refractivity contribution in [3.8, 4) is 0 Å². The molecular weight excluding hydrogens is 338 g/mol. The molecule has 1 aromatic carbocycles. The van der Waals surface area contributed by atoms with Gasteiger partial charge in [-0.2, -0.15) is 0 Å². The van der Waals surface area contributed by atoms with Gasteiger partial charge in [0.25, 0.3) is 0 Å². The third kappa shape index (κ3) is 4.88. The van der Waals surface area contributed by atoms with Crippen LogP contribution in [0.15, 0.2) is 33.6 Å². The number of benzene rings is 1. The zero-order valence-corrected chi connectivity index (χ0v) is 13.4. The summed E-state index contributed by atoms with van der Waals surface area (Å²) in [5.41, 5.74) is 0. The van der Waals surface area contributed by atoms with Crippen molar-refractivity contribution < 1.29 is 8.42 Å². The van der Waals surface area contributed by atoms with Gasteiger partial charge in [-0.1, -0.05) is 19.1 Å². The number of nitrogens with one attached hydrogen (secondary N) is 1. The van der Waals surface area contributed by atoms with Gasteiger partial charge in [-0.15, -0.1) is 11.6 Å². The SMILES string of the molecule is CC(CCl)CCCNS(=O)(=O)c1ccccc1Br. The number of halogens is 2. The molecule has 1 rings (SSSR count). The van der Waals surface area contributed by atoms with E-state index in [9.17, 15) is 8.42 Å². The number of alkyl halides is 1. The number of rotatable bonds is 7. The summed E-state index contributed by atoms with van der Waals surface area (Å²) in [4.78, 5) is 0.274. The monoisotopic (exact) mass is 353 g/mol. The maximum atomic E-state index is 12.0. The third-order valence-electron chi connectivity index (χ3n) is 2.56. The van der Waals surface area contributed by atoms with Gasteiger partial charge in [0.1, 0.15) is 0 Å². The third-order valence-corrected chi connectivity index (χ3v) is 5.56. The van der Waals surface area contributed by atoms with Crippen LogP contribution in [0.3, 0.4) is 0 Å². The molecule has 0 aliphatic heterocycles. The lowest BCUT2D eigenvalue weighted by Gasteiger charge is -2.10. The van der Waals surface area contributed by atoms with Crippen LogP contribution in [0.25, 0.3) is 0 Å². The van der Waals surface area contributed by atoms with E-state index in [2.05, 4.69) is 27.6 Å². The number of sulfonamides is 1. The van der Waals surface area contributed by atoms with Crippen LogP contribution in [-0.2, 0) is 10.0 Å². The average molecular weight is 355 g/mol. The van der Waals surface area contributed by atoms with E-state index in [-0.39, 0.29) is 4.90 Å². The Morgan fingerprint density at radius 2 is 2.06 bits per heavy atom. The topological polar surface area (TPSA) is 46.2 Å². The van der Waals surface area contributed by atoms with E-state index in [4.69, 9.17) is 11.6 Å². The molecule has 6 heteroatoms. The molecule has 18 heavy (non-hydrogen) atoms. The molecule has 0 heterocycles. The number of hydrogen-bond donors (Lipinski definition) is 1. The van der Waals surface area contributed by atoms with Crippen LogP contribution in [0.1, 0.15) is 19.8 Å². The second kappa shape index (κ2) is 7.48. The van der Waals surface area contributed by atoms with Crippen LogP contribution in [-0.4, -0.2) is 20.8 Å². The molecule has 0 saturated heterocycles. The largest absolute Gasteiger partial charge is 0.241 e. The Balaban J connectivity index is 2.54. The van der Waals surface area contributed by atoms with Gasteiger partial charge in [-0.25, -0.2) is 13.1 Å². The first-order valence-electron chi connectivity index (χ1n) is 5.77. The molecule has 1 aromatic rings. The minimum Gasteiger partial charge on any atom is -0.211 e.